The quantitative estimate of drug-likeness (QED) is 0.614. The molecule has 0 bridgehead atoms. The molecular weight excluding hydrogens is 328 g/mol. The molecule has 128 valence electrons. The maximum atomic E-state index is 12.1. The van der Waals surface area contributed by atoms with Crippen molar-refractivity contribution >= 4 is 11.6 Å². The summed E-state index contributed by atoms with van der Waals surface area (Å²) in [4.78, 5) is 16.2. The van der Waals surface area contributed by atoms with Gasteiger partial charge in [0.2, 0.25) is 0 Å². The number of fused-ring (bicyclic) bond motifs is 1. The van der Waals surface area contributed by atoms with Crippen LogP contribution in [0.5, 0.6) is 0 Å². The van der Waals surface area contributed by atoms with Crippen molar-refractivity contribution in [3.63, 3.8) is 0 Å². The van der Waals surface area contributed by atoms with Gasteiger partial charge in [-0.15, -0.1) is 10.2 Å². The maximum Gasteiger partial charge on any atom is 0.270 e. The van der Waals surface area contributed by atoms with Gasteiger partial charge >= 0.3 is 0 Å². The first-order valence-corrected chi connectivity index (χ1v) is 8.18. The van der Waals surface area contributed by atoms with E-state index in [1.165, 1.54) is 5.56 Å². The number of nitrogens with zero attached hydrogens (tertiary/aromatic N) is 5. The van der Waals surface area contributed by atoms with E-state index in [9.17, 15) is 4.79 Å². The molecule has 0 aliphatic carbocycles. The summed E-state index contributed by atoms with van der Waals surface area (Å²) in [5.41, 5.74) is 4.00. The lowest BCUT2D eigenvalue weighted by Crippen LogP contribution is -2.25. The molecule has 0 saturated carbocycles. The molecule has 0 atom stereocenters. The van der Waals surface area contributed by atoms with E-state index in [0.29, 0.717) is 17.2 Å². The molecule has 1 amide bonds. The minimum atomic E-state index is -0.267. The van der Waals surface area contributed by atoms with Crippen LogP contribution in [0.4, 0.5) is 0 Å². The minimum Gasteiger partial charge on any atom is -0.343 e. The molecule has 7 heteroatoms. The van der Waals surface area contributed by atoms with Gasteiger partial charge in [-0.2, -0.15) is 9.61 Å². The van der Waals surface area contributed by atoms with Crippen molar-refractivity contribution in [3.05, 3.63) is 77.9 Å². The molecule has 0 aliphatic rings. The lowest BCUT2D eigenvalue weighted by atomic mass is 10.1. The van der Waals surface area contributed by atoms with Crippen molar-refractivity contribution in [1.29, 1.82) is 0 Å². The van der Waals surface area contributed by atoms with Crippen molar-refractivity contribution in [2.24, 2.45) is 0 Å². The Hall–Kier alpha value is -3.61. The average molecular weight is 344 g/mol. The summed E-state index contributed by atoms with van der Waals surface area (Å²) >= 11 is 0. The number of carbonyl (C=O) groups excluding carboxylic acids is 1. The number of amides is 1. The Balaban J connectivity index is 1.58. The first kappa shape index (κ1) is 15.9. The predicted octanol–water partition coefficient (Wildman–Crippen LogP) is 2.42. The summed E-state index contributed by atoms with van der Waals surface area (Å²) in [5.74, 6) is 0.287. The molecule has 0 spiro atoms. The van der Waals surface area contributed by atoms with E-state index in [1.807, 2.05) is 43.3 Å². The van der Waals surface area contributed by atoms with E-state index < -0.39 is 0 Å². The average Bonchev–Trinajstić information content (AvgIpc) is 3.09. The lowest BCUT2D eigenvalue weighted by Gasteiger charge is -2.05. The van der Waals surface area contributed by atoms with Crippen LogP contribution in [0, 0.1) is 6.92 Å². The third-order valence-electron chi connectivity index (χ3n) is 3.98. The van der Waals surface area contributed by atoms with E-state index in [0.717, 1.165) is 11.3 Å². The van der Waals surface area contributed by atoms with Crippen molar-refractivity contribution in [3.8, 4) is 11.3 Å². The summed E-state index contributed by atoms with van der Waals surface area (Å²) in [6.45, 7) is 2.25. The number of hydrogen-bond acceptors (Lipinski definition) is 5. The summed E-state index contributed by atoms with van der Waals surface area (Å²) in [6, 6.07) is 17.1. The van der Waals surface area contributed by atoms with E-state index >= 15 is 0 Å². The number of nitrogens with one attached hydrogen (secondary N) is 1. The van der Waals surface area contributed by atoms with Crippen LogP contribution in [0.15, 0.2) is 60.8 Å². The third kappa shape index (κ3) is 3.14. The Morgan fingerprint density at radius 1 is 1.04 bits per heavy atom. The smallest absolute Gasteiger partial charge is 0.270 e. The van der Waals surface area contributed by atoms with Gasteiger partial charge < -0.3 is 5.32 Å². The molecule has 1 aromatic carbocycles. The van der Waals surface area contributed by atoms with Crippen LogP contribution in [-0.2, 0) is 6.54 Å². The Kier molecular flexibility index (Phi) is 4.10. The number of carbonyl (C=O) groups is 1. The van der Waals surface area contributed by atoms with Crippen LogP contribution < -0.4 is 5.32 Å². The van der Waals surface area contributed by atoms with Crippen molar-refractivity contribution in [2.45, 2.75) is 13.5 Å². The van der Waals surface area contributed by atoms with Gasteiger partial charge in [-0.25, -0.2) is 0 Å². The Labute approximate surface area is 149 Å². The molecule has 0 saturated heterocycles. The van der Waals surface area contributed by atoms with E-state index in [2.05, 4.69) is 25.6 Å². The fraction of sp³-hybridized carbons (Fsp3) is 0.105. The van der Waals surface area contributed by atoms with E-state index in [4.69, 9.17) is 0 Å². The van der Waals surface area contributed by atoms with Crippen molar-refractivity contribution in [1.82, 2.24) is 30.1 Å². The van der Waals surface area contributed by atoms with Gasteiger partial charge in [0, 0.05) is 11.8 Å². The van der Waals surface area contributed by atoms with Gasteiger partial charge in [0.05, 0.1) is 12.2 Å². The molecule has 3 aromatic heterocycles. The summed E-state index contributed by atoms with van der Waals surface area (Å²) in [6.07, 6.45) is 1.58. The molecule has 4 rings (SSSR count). The molecule has 7 nitrogen and oxygen atoms in total. The summed E-state index contributed by atoms with van der Waals surface area (Å²) in [5, 5.41) is 15.6. The zero-order valence-electron chi connectivity index (χ0n) is 14.1. The second kappa shape index (κ2) is 6.72. The molecule has 4 aromatic rings. The van der Waals surface area contributed by atoms with Crippen LogP contribution in [0.25, 0.3) is 16.9 Å². The first-order chi connectivity index (χ1) is 12.7. The highest BCUT2D eigenvalue weighted by atomic mass is 16.1. The number of pyridine rings is 1. The Morgan fingerprint density at radius 3 is 2.65 bits per heavy atom. The maximum absolute atomic E-state index is 12.1. The van der Waals surface area contributed by atoms with E-state index in [-0.39, 0.29) is 12.5 Å². The monoisotopic (exact) mass is 344 g/mol. The van der Waals surface area contributed by atoms with Gasteiger partial charge in [-0.05, 0) is 31.2 Å². The topological polar surface area (TPSA) is 85.1 Å². The number of benzene rings is 1. The highest BCUT2D eigenvalue weighted by Crippen LogP contribution is 2.18. The molecular formula is C19H16N6O. The van der Waals surface area contributed by atoms with Crippen LogP contribution in [0.3, 0.4) is 0 Å². The highest BCUT2D eigenvalue weighted by molar-refractivity contribution is 5.92. The molecule has 0 radical (unpaired) electrons. The summed E-state index contributed by atoms with van der Waals surface area (Å²) in [7, 11) is 0. The number of aromatic nitrogens is 5. The Bertz CT molecular complexity index is 1060. The molecule has 3 heterocycles. The molecule has 26 heavy (non-hydrogen) atoms. The fourth-order valence-corrected chi connectivity index (χ4v) is 2.57. The van der Waals surface area contributed by atoms with Crippen LogP contribution in [-0.4, -0.2) is 30.7 Å². The van der Waals surface area contributed by atoms with Gasteiger partial charge in [0.25, 0.3) is 5.91 Å². The molecule has 1 N–H and O–H groups in total. The molecule has 0 fully saturated rings. The second-order valence-electron chi connectivity index (χ2n) is 5.87. The highest BCUT2D eigenvalue weighted by Gasteiger charge is 2.11. The SMILES string of the molecule is Cc1ccc(-c2ccc3nnc(CNC(=O)c4ccccn4)n3n2)cc1. The summed E-state index contributed by atoms with van der Waals surface area (Å²) < 4.78 is 1.65. The third-order valence-corrected chi connectivity index (χ3v) is 3.98. The largest absolute Gasteiger partial charge is 0.343 e. The lowest BCUT2D eigenvalue weighted by molar-refractivity contribution is 0.0944. The van der Waals surface area contributed by atoms with Gasteiger partial charge in [-0.3, -0.25) is 9.78 Å². The molecule has 0 unspecified atom stereocenters. The second-order valence-corrected chi connectivity index (χ2v) is 5.87. The van der Waals surface area contributed by atoms with Crippen LogP contribution >= 0.6 is 0 Å². The predicted molar refractivity (Wildman–Crippen MR) is 96.4 cm³/mol. The first-order valence-electron chi connectivity index (χ1n) is 8.18. The number of hydrogen-bond donors (Lipinski definition) is 1. The zero-order valence-corrected chi connectivity index (χ0v) is 14.1. The van der Waals surface area contributed by atoms with Crippen LogP contribution in [0.2, 0.25) is 0 Å². The standard InChI is InChI=1S/C19H16N6O/c1-13-5-7-14(8-6-13)15-9-10-17-22-23-18(25(17)24-15)12-21-19(26)16-4-2-3-11-20-16/h2-11H,12H2,1H3,(H,21,26). The normalized spacial score (nSPS) is 10.8. The fourth-order valence-electron chi connectivity index (χ4n) is 2.57. The minimum absolute atomic E-state index is 0.209. The number of aryl methyl sites for hydroxylation is 1. The van der Waals surface area contributed by atoms with Gasteiger partial charge in [-0.1, -0.05) is 35.9 Å². The zero-order chi connectivity index (χ0) is 17.9. The number of rotatable bonds is 4. The van der Waals surface area contributed by atoms with Crippen LogP contribution in [0.1, 0.15) is 21.9 Å². The molecule has 0 aliphatic heterocycles. The van der Waals surface area contributed by atoms with E-state index in [1.54, 1.807) is 28.9 Å². The van der Waals surface area contributed by atoms with Gasteiger partial charge in [0.1, 0.15) is 5.69 Å². The Morgan fingerprint density at radius 2 is 1.88 bits per heavy atom. The van der Waals surface area contributed by atoms with Gasteiger partial charge in [0.15, 0.2) is 11.5 Å². The van der Waals surface area contributed by atoms with Crippen molar-refractivity contribution in [2.75, 3.05) is 0 Å². The van der Waals surface area contributed by atoms with Crippen molar-refractivity contribution < 1.29 is 4.79 Å².